The Bertz CT molecular complexity index is 447. The maximum absolute atomic E-state index is 11.3. The quantitative estimate of drug-likeness (QED) is 0.749. The molecule has 0 aliphatic carbocycles. The van der Waals surface area contributed by atoms with E-state index in [0.717, 1.165) is 5.56 Å². The fourth-order valence-electron chi connectivity index (χ4n) is 1.51. The molecule has 1 aromatic heterocycles. The molecule has 0 fully saturated rings. The highest BCUT2D eigenvalue weighted by Gasteiger charge is 2.15. The molecule has 1 aromatic rings. The molecule has 0 saturated carbocycles. The molecule has 1 amide bonds. The molecule has 0 aliphatic rings. The number of amides is 1. The number of carbonyl (C=O) groups is 1. The van der Waals surface area contributed by atoms with Crippen molar-refractivity contribution in [2.24, 2.45) is 5.73 Å². The van der Waals surface area contributed by atoms with E-state index in [2.05, 4.69) is 10.3 Å². The fourth-order valence-corrected chi connectivity index (χ4v) is 1.76. The van der Waals surface area contributed by atoms with Crippen LogP contribution in [-0.4, -0.2) is 36.5 Å². The maximum atomic E-state index is 11.3. The lowest BCUT2D eigenvalue weighted by atomic mass is 10.1. The number of anilines is 1. The first-order chi connectivity index (χ1) is 7.97. The van der Waals surface area contributed by atoms with Crippen molar-refractivity contribution < 1.29 is 4.79 Å². The predicted octanol–water partition coefficient (Wildman–Crippen LogP) is 0.206. The topological polar surface area (TPSA) is 71.2 Å². The van der Waals surface area contributed by atoms with Crippen LogP contribution in [0.2, 0.25) is 0 Å². The van der Waals surface area contributed by atoms with Crippen LogP contribution in [0.3, 0.4) is 0 Å². The smallest absolute Gasteiger partial charge is 0.239 e. The van der Waals surface area contributed by atoms with Gasteiger partial charge in [0.05, 0.1) is 12.1 Å². The number of rotatable bonds is 4. The third-order valence-electron chi connectivity index (χ3n) is 2.41. The molecule has 0 aliphatic heterocycles. The third-order valence-corrected chi connectivity index (χ3v) is 2.61. The molecular formula is C11H16N4OS. The summed E-state index contributed by atoms with van der Waals surface area (Å²) >= 11 is 5.01. The Kier molecular flexibility index (Phi) is 4.39. The zero-order valence-corrected chi connectivity index (χ0v) is 11.0. The van der Waals surface area contributed by atoms with Gasteiger partial charge >= 0.3 is 0 Å². The van der Waals surface area contributed by atoms with Crippen LogP contribution in [0.15, 0.2) is 12.3 Å². The largest absolute Gasteiger partial charge is 0.389 e. The summed E-state index contributed by atoms with van der Waals surface area (Å²) in [5.41, 5.74) is 7.35. The SMILES string of the molecule is CNC(=O)CN(C)c1nccc(C)c1C(N)=S. The highest BCUT2D eigenvalue weighted by atomic mass is 32.1. The van der Waals surface area contributed by atoms with Crippen LogP contribution in [0.4, 0.5) is 5.82 Å². The zero-order valence-electron chi connectivity index (χ0n) is 10.2. The second-order valence-corrected chi connectivity index (χ2v) is 4.16. The summed E-state index contributed by atoms with van der Waals surface area (Å²) < 4.78 is 0. The molecular weight excluding hydrogens is 236 g/mol. The van der Waals surface area contributed by atoms with Gasteiger partial charge in [-0.3, -0.25) is 4.79 Å². The van der Waals surface area contributed by atoms with Crippen molar-refractivity contribution in [3.63, 3.8) is 0 Å². The van der Waals surface area contributed by atoms with Gasteiger partial charge in [0.15, 0.2) is 0 Å². The number of nitrogens with one attached hydrogen (secondary N) is 1. The molecule has 0 radical (unpaired) electrons. The molecule has 5 nitrogen and oxygen atoms in total. The molecule has 0 aromatic carbocycles. The summed E-state index contributed by atoms with van der Waals surface area (Å²) in [5, 5.41) is 2.56. The Labute approximate surface area is 106 Å². The summed E-state index contributed by atoms with van der Waals surface area (Å²) in [4.78, 5) is 17.6. The number of carbonyl (C=O) groups excluding carboxylic acids is 1. The lowest BCUT2D eigenvalue weighted by molar-refractivity contribution is -0.119. The van der Waals surface area contributed by atoms with Crippen molar-refractivity contribution >= 4 is 28.9 Å². The molecule has 0 atom stereocenters. The Morgan fingerprint density at radius 2 is 2.29 bits per heavy atom. The average molecular weight is 252 g/mol. The van der Waals surface area contributed by atoms with Crippen LogP contribution >= 0.6 is 12.2 Å². The van der Waals surface area contributed by atoms with E-state index in [9.17, 15) is 4.79 Å². The van der Waals surface area contributed by atoms with Gasteiger partial charge in [0.1, 0.15) is 10.8 Å². The second-order valence-electron chi connectivity index (χ2n) is 3.72. The minimum atomic E-state index is -0.0929. The summed E-state index contributed by atoms with van der Waals surface area (Å²) in [6.07, 6.45) is 1.67. The standard InChI is InChI=1S/C11H16N4OS/c1-7-4-5-14-11(9(7)10(12)17)15(3)6-8(16)13-2/h4-5H,6H2,1-3H3,(H2,12,17)(H,13,16). The first kappa shape index (κ1) is 13.4. The Hall–Kier alpha value is -1.69. The number of nitrogens with two attached hydrogens (primary N) is 1. The van der Waals surface area contributed by atoms with Crippen LogP contribution in [0.5, 0.6) is 0 Å². The van der Waals surface area contributed by atoms with Crippen molar-refractivity contribution in [2.45, 2.75) is 6.92 Å². The van der Waals surface area contributed by atoms with E-state index in [-0.39, 0.29) is 17.4 Å². The number of likely N-dealkylation sites (N-methyl/N-ethyl adjacent to an activating group) is 2. The highest BCUT2D eigenvalue weighted by molar-refractivity contribution is 7.80. The molecule has 0 bridgehead atoms. The lowest BCUT2D eigenvalue weighted by Gasteiger charge is -2.20. The predicted molar refractivity (Wildman–Crippen MR) is 72.2 cm³/mol. The minimum Gasteiger partial charge on any atom is -0.389 e. The van der Waals surface area contributed by atoms with E-state index in [1.165, 1.54) is 0 Å². The van der Waals surface area contributed by atoms with Crippen molar-refractivity contribution in [2.75, 3.05) is 25.5 Å². The molecule has 6 heteroatoms. The van der Waals surface area contributed by atoms with Crippen LogP contribution < -0.4 is 16.0 Å². The molecule has 92 valence electrons. The minimum absolute atomic E-state index is 0.0929. The first-order valence-corrected chi connectivity index (χ1v) is 5.55. The molecule has 1 rings (SSSR count). The number of hydrogen-bond donors (Lipinski definition) is 2. The molecule has 0 saturated heterocycles. The fraction of sp³-hybridized carbons (Fsp3) is 0.364. The van der Waals surface area contributed by atoms with Gasteiger partial charge < -0.3 is 16.0 Å². The maximum Gasteiger partial charge on any atom is 0.239 e. The summed E-state index contributed by atoms with van der Waals surface area (Å²) in [6, 6.07) is 1.84. The van der Waals surface area contributed by atoms with Crippen LogP contribution in [0.1, 0.15) is 11.1 Å². The van der Waals surface area contributed by atoms with E-state index in [4.69, 9.17) is 18.0 Å². The number of pyridine rings is 1. The van der Waals surface area contributed by atoms with Gasteiger partial charge in [-0.1, -0.05) is 12.2 Å². The van der Waals surface area contributed by atoms with Crippen molar-refractivity contribution in [1.82, 2.24) is 10.3 Å². The lowest BCUT2D eigenvalue weighted by Crippen LogP contribution is -2.34. The molecule has 17 heavy (non-hydrogen) atoms. The monoisotopic (exact) mass is 252 g/mol. The van der Waals surface area contributed by atoms with Gasteiger partial charge in [0.2, 0.25) is 5.91 Å². The number of aryl methyl sites for hydroxylation is 1. The molecule has 1 heterocycles. The first-order valence-electron chi connectivity index (χ1n) is 5.14. The normalized spacial score (nSPS) is 9.82. The summed E-state index contributed by atoms with van der Waals surface area (Å²) in [6.45, 7) is 2.12. The molecule has 3 N–H and O–H groups in total. The van der Waals surface area contributed by atoms with E-state index in [0.29, 0.717) is 11.4 Å². The summed E-state index contributed by atoms with van der Waals surface area (Å²) in [7, 11) is 3.37. The van der Waals surface area contributed by atoms with Crippen molar-refractivity contribution in [1.29, 1.82) is 0 Å². The summed E-state index contributed by atoms with van der Waals surface area (Å²) in [5.74, 6) is 0.533. The van der Waals surface area contributed by atoms with Crippen molar-refractivity contribution in [3.8, 4) is 0 Å². The Morgan fingerprint density at radius 3 is 2.82 bits per heavy atom. The van der Waals surface area contributed by atoms with Crippen LogP contribution in [0.25, 0.3) is 0 Å². The average Bonchev–Trinajstić information content (AvgIpc) is 2.27. The van der Waals surface area contributed by atoms with Gasteiger partial charge in [-0.25, -0.2) is 4.98 Å². The van der Waals surface area contributed by atoms with Crippen LogP contribution in [-0.2, 0) is 4.79 Å². The number of aromatic nitrogens is 1. The molecule has 0 unspecified atom stereocenters. The second kappa shape index (κ2) is 5.58. The van der Waals surface area contributed by atoms with Gasteiger partial charge in [-0.2, -0.15) is 0 Å². The van der Waals surface area contributed by atoms with Crippen LogP contribution in [0, 0.1) is 6.92 Å². The number of nitrogens with zero attached hydrogens (tertiary/aromatic N) is 2. The third kappa shape index (κ3) is 3.13. The van der Waals surface area contributed by atoms with E-state index in [1.807, 2.05) is 13.0 Å². The van der Waals surface area contributed by atoms with E-state index < -0.39 is 0 Å². The van der Waals surface area contributed by atoms with E-state index in [1.54, 1.807) is 25.2 Å². The Balaban J connectivity index is 3.09. The number of thiocarbonyl (C=S) groups is 1. The molecule has 0 spiro atoms. The van der Waals surface area contributed by atoms with Gasteiger partial charge in [0.25, 0.3) is 0 Å². The Morgan fingerprint density at radius 1 is 1.65 bits per heavy atom. The van der Waals surface area contributed by atoms with Gasteiger partial charge in [-0.15, -0.1) is 0 Å². The zero-order chi connectivity index (χ0) is 13.0. The van der Waals surface area contributed by atoms with Gasteiger partial charge in [0, 0.05) is 20.3 Å². The van der Waals surface area contributed by atoms with Crippen molar-refractivity contribution in [3.05, 3.63) is 23.4 Å². The van der Waals surface area contributed by atoms with E-state index >= 15 is 0 Å². The highest BCUT2D eigenvalue weighted by Crippen LogP contribution is 2.19. The number of hydrogen-bond acceptors (Lipinski definition) is 4. The van der Waals surface area contributed by atoms with Gasteiger partial charge in [-0.05, 0) is 18.6 Å².